The Bertz CT molecular complexity index is 1440. The topological polar surface area (TPSA) is 119 Å². The van der Waals surface area contributed by atoms with Crippen molar-refractivity contribution < 1.29 is 13.2 Å². The van der Waals surface area contributed by atoms with E-state index in [1.807, 2.05) is 30.3 Å². The van der Waals surface area contributed by atoms with Crippen LogP contribution < -0.4 is 21.3 Å². The van der Waals surface area contributed by atoms with E-state index in [0.717, 1.165) is 35.8 Å². The van der Waals surface area contributed by atoms with Crippen molar-refractivity contribution in [2.75, 3.05) is 0 Å². The zero-order chi connectivity index (χ0) is 24.5. The van der Waals surface area contributed by atoms with Gasteiger partial charge in [-0.05, 0) is 43.0 Å². The van der Waals surface area contributed by atoms with Crippen LogP contribution in [0, 0.1) is 0 Å². The van der Waals surface area contributed by atoms with Crippen LogP contribution in [0.4, 0.5) is 0 Å². The number of sulfonamides is 1. The highest BCUT2D eigenvalue weighted by Gasteiger charge is 2.29. The average Bonchev–Trinajstić information content (AvgIpc) is 3.34. The van der Waals surface area contributed by atoms with E-state index < -0.39 is 27.3 Å². The molecule has 1 aliphatic rings. The molecule has 0 radical (unpaired) electrons. The first-order valence-electron chi connectivity index (χ1n) is 11.2. The summed E-state index contributed by atoms with van der Waals surface area (Å²) in [5.41, 5.74) is 0.0544. The molecule has 0 saturated heterocycles. The van der Waals surface area contributed by atoms with Crippen molar-refractivity contribution in [1.29, 1.82) is 0 Å². The molecule has 1 fully saturated rings. The fourth-order valence-corrected chi connectivity index (χ4v) is 5.63. The highest BCUT2D eigenvalue weighted by Crippen LogP contribution is 2.19. The second-order valence-corrected chi connectivity index (χ2v) is 10.5. The van der Waals surface area contributed by atoms with Crippen LogP contribution in [0.5, 0.6) is 0 Å². The van der Waals surface area contributed by atoms with E-state index in [1.54, 1.807) is 0 Å². The first-order valence-corrected chi connectivity index (χ1v) is 12.7. The van der Waals surface area contributed by atoms with Crippen LogP contribution >= 0.6 is 0 Å². The van der Waals surface area contributed by atoms with Gasteiger partial charge in [0.15, 0.2) is 0 Å². The monoisotopic (exact) mass is 484 g/mol. The van der Waals surface area contributed by atoms with Gasteiger partial charge in [-0.1, -0.05) is 43.2 Å². The Labute approximate surface area is 197 Å². The second-order valence-electron chi connectivity index (χ2n) is 8.74. The van der Waals surface area contributed by atoms with Crippen LogP contribution in [0.3, 0.4) is 0 Å². The van der Waals surface area contributed by atoms with Crippen molar-refractivity contribution in [3.05, 3.63) is 74.9 Å². The van der Waals surface area contributed by atoms with E-state index in [2.05, 4.69) is 10.0 Å². The summed E-state index contributed by atoms with van der Waals surface area (Å²) in [6, 6.07) is 12.2. The lowest BCUT2D eigenvalue weighted by atomic mass is 10.1. The quantitative estimate of drug-likeness (QED) is 0.522. The largest absolute Gasteiger partial charge is 0.352 e. The number of carbonyl (C=O) groups excluding carboxylic acids is 1. The molecule has 180 valence electrons. The number of aryl methyl sites for hydroxylation is 1. The summed E-state index contributed by atoms with van der Waals surface area (Å²) in [4.78, 5) is 37.7. The molecule has 9 nitrogen and oxygen atoms in total. The molecule has 1 saturated carbocycles. The van der Waals surface area contributed by atoms with Crippen molar-refractivity contribution in [1.82, 2.24) is 19.2 Å². The maximum absolute atomic E-state index is 13.3. The Hall–Kier alpha value is -3.24. The number of hydrogen-bond acceptors (Lipinski definition) is 5. The normalized spacial score (nSPS) is 15.5. The summed E-state index contributed by atoms with van der Waals surface area (Å²) in [7, 11) is -1.29. The van der Waals surface area contributed by atoms with Gasteiger partial charge in [-0.3, -0.25) is 18.7 Å². The van der Waals surface area contributed by atoms with Gasteiger partial charge in [0.25, 0.3) is 5.56 Å². The number of rotatable bonds is 7. The summed E-state index contributed by atoms with van der Waals surface area (Å²) in [5, 5.41) is 3.08. The average molecular weight is 485 g/mol. The van der Waals surface area contributed by atoms with Gasteiger partial charge in [0.05, 0.1) is 15.8 Å². The highest BCUT2D eigenvalue weighted by molar-refractivity contribution is 7.89. The summed E-state index contributed by atoms with van der Waals surface area (Å²) in [6.45, 7) is 0. The van der Waals surface area contributed by atoms with Gasteiger partial charge < -0.3 is 5.32 Å². The summed E-state index contributed by atoms with van der Waals surface area (Å²) in [5.74, 6) is -0.376. The highest BCUT2D eigenvalue weighted by atomic mass is 32.2. The Morgan fingerprint density at radius 3 is 2.38 bits per heavy atom. The number of fused-ring (bicyclic) bond motifs is 1. The molecular formula is C24H28N4O5S. The number of amides is 1. The molecule has 1 unspecified atom stereocenters. The second kappa shape index (κ2) is 9.55. The molecule has 0 spiro atoms. The zero-order valence-corrected chi connectivity index (χ0v) is 20.0. The van der Waals surface area contributed by atoms with Gasteiger partial charge in [-0.2, -0.15) is 4.72 Å². The van der Waals surface area contributed by atoms with E-state index in [9.17, 15) is 22.8 Å². The van der Waals surface area contributed by atoms with Crippen molar-refractivity contribution in [3.63, 3.8) is 0 Å². The van der Waals surface area contributed by atoms with Crippen molar-refractivity contribution >= 4 is 26.8 Å². The Morgan fingerprint density at radius 2 is 1.71 bits per heavy atom. The minimum atomic E-state index is -4.15. The smallest absolute Gasteiger partial charge is 0.330 e. The summed E-state index contributed by atoms with van der Waals surface area (Å²) < 4.78 is 31.4. The summed E-state index contributed by atoms with van der Waals surface area (Å²) >= 11 is 0. The van der Waals surface area contributed by atoms with Gasteiger partial charge in [-0.15, -0.1) is 0 Å². The van der Waals surface area contributed by atoms with Gasteiger partial charge >= 0.3 is 5.69 Å². The first-order chi connectivity index (χ1) is 16.2. The molecule has 10 heteroatoms. The molecular weight excluding hydrogens is 456 g/mol. The molecule has 1 atom stereocenters. The predicted molar refractivity (Wildman–Crippen MR) is 129 cm³/mol. The zero-order valence-electron chi connectivity index (χ0n) is 19.2. The Kier molecular flexibility index (Phi) is 6.72. The molecule has 4 rings (SSSR count). The van der Waals surface area contributed by atoms with E-state index in [-0.39, 0.29) is 28.7 Å². The maximum Gasteiger partial charge on any atom is 0.330 e. The maximum atomic E-state index is 13.3. The third-order valence-electron chi connectivity index (χ3n) is 6.35. The van der Waals surface area contributed by atoms with Gasteiger partial charge in [0.1, 0.15) is 6.04 Å². The van der Waals surface area contributed by atoms with Crippen LogP contribution in [0.25, 0.3) is 10.9 Å². The molecule has 1 aliphatic carbocycles. The fraction of sp³-hybridized carbons (Fsp3) is 0.375. The molecule has 0 aliphatic heterocycles. The number of benzene rings is 2. The van der Waals surface area contributed by atoms with Gasteiger partial charge in [0.2, 0.25) is 15.9 Å². The lowest BCUT2D eigenvalue weighted by molar-refractivity contribution is -0.123. The lowest BCUT2D eigenvalue weighted by Gasteiger charge is -2.21. The number of nitrogens with zero attached hydrogens (tertiary/aromatic N) is 2. The minimum Gasteiger partial charge on any atom is -0.352 e. The molecule has 2 N–H and O–H groups in total. The third kappa shape index (κ3) is 4.83. The van der Waals surface area contributed by atoms with Crippen molar-refractivity contribution in [3.8, 4) is 0 Å². The Morgan fingerprint density at radius 1 is 1.03 bits per heavy atom. The Balaban J connectivity index is 1.68. The third-order valence-corrected chi connectivity index (χ3v) is 7.82. The molecule has 2 aromatic carbocycles. The molecule has 1 amide bonds. The van der Waals surface area contributed by atoms with Crippen LogP contribution in [-0.4, -0.2) is 35.5 Å². The number of carbonyl (C=O) groups is 1. The molecule has 0 bridgehead atoms. The van der Waals surface area contributed by atoms with E-state index >= 15 is 0 Å². The fourth-order valence-electron chi connectivity index (χ4n) is 4.41. The van der Waals surface area contributed by atoms with E-state index in [4.69, 9.17) is 0 Å². The van der Waals surface area contributed by atoms with Crippen LogP contribution in [0.1, 0.15) is 31.2 Å². The van der Waals surface area contributed by atoms with Gasteiger partial charge in [0, 0.05) is 20.1 Å². The van der Waals surface area contributed by atoms with Crippen LogP contribution in [-0.2, 0) is 35.3 Å². The minimum absolute atomic E-state index is 0.0419. The number of hydrogen-bond donors (Lipinski definition) is 2. The van der Waals surface area contributed by atoms with E-state index in [0.29, 0.717) is 5.52 Å². The predicted octanol–water partition coefficient (Wildman–Crippen LogP) is 1.19. The number of aromatic nitrogens is 2. The van der Waals surface area contributed by atoms with Crippen LogP contribution in [0.15, 0.2) is 63.0 Å². The molecule has 1 heterocycles. The first kappa shape index (κ1) is 23.9. The van der Waals surface area contributed by atoms with E-state index in [1.165, 1.54) is 36.9 Å². The van der Waals surface area contributed by atoms with Crippen molar-refractivity contribution in [2.24, 2.45) is 14.1 Å². The molecule has 1 aromatic heterocycles. The van der Waals surface area contributed by atoms with Crippen molar-refractivity contribution in [2.45, 2.75) is 49.1 Å². The molecule has 34 heavy (non-hydrogen) atoms. The standard InChI is InChI=1S/C24H28N4O5S/c1-27-21-13-12-18(15-19(21)23(30)28(2)24(27)31)34(32,33)26-20(14-16-8-4-3-5-9-16)22(29)25-17-10-6-7-11-17/h3-5,8-9,12-13,15,17,20,26H,6-7,10-11,14H2,1-2H3,(H,25,29). The number of nitrogens with one attached hydrogen (secondary N) is 2. The molecule has 3 aromatic rings. The summed E-state index contributed by atoms with van der Waals surface area (Å²) in [6.07, 6.45) is 4.01. The SMILES string of the molecule is Cn1c(=O)c2cc(S(=O)(=O)NC(Cc3ccccc3)C(=O)NC3CCCC3)ccc2n(C)c1=O. The van der Waals surface area contributed by atoms with Gasteiger partial charge in [-0.25, -0.2) is 13.2 Å². The van der Waals surface area contributed by atoms with Crippen LogP contribution in [0.2, 0.25) is 0 Å². The lowest BCUT2D eigenvalue weighted by Crippen LogP contribution is -2.50.